The van der Waals surface area contributed by atoms with E-state index < -0.39 is 5.82 Å². The first kappa shape index (κ1) is 16.7. The topological polar surface area (TPSA) is 80.9 Å². The molecular weight excluding hydrogens is 375 g/mol. The molecule has 2 aromatic heterocycles. The lowest BCUT2D eigenvalue weighted by atomic mass is 10.2. The molecule has 9 heteroatoms. The SMILES string of the molecule is O=C(CSc1nnc(-c2ccccc2F)o1)Nc1nc2ccccc2s1. The Morgan fingerprint density at radius 2 is 1.96 bits per heavy atom. The van der Waals surface area contributed by atoms with E-state index in [1.807, 2.05) is 24.3 Å². The van der Waals surface area contributed by atoms with Gasteiger partial charge in [0.25, 0.3) is 11.1 Å². The van der Waals surface area contributed by atoms with Gasteiger partial charge in [-0.3, -0.25) is 4.79 Å². The average molecular weight is 386 g/mol. The highest BCUT2D eigenvalue weighted by atomic mass is 32.2. The monoisotopic (exact) mass is 386 g/mol. The van der Waals surface area contributed by atoms with Gasteiger partial charge in [-0.2, -0.15) is 0 Å². The van der Waals surface area contributed by atoms with Crippen LogP contribution in [0.25, 0.3) is 21.7 Å². The minimum atomic E-state index is -0.443. The molecule has 4 rings (SSSR count). The largest absolute Gasteiger partial charge is 0.411 e. The van der Waals surface area contributed by atoms with Crippen molar-refractivity contribution in [2.24, 2.45) is 0 Å². The Balaban J connectivity index is 1.38. The van der Waals surface area contributed by atoms with Crippen LogP contribution in [0, 0.1) is 5.82 Å². The number of aromatic nitrogens is 3. The zero-order valence-electron chi connectivity index (χ0n) is 13.2. The number of nitrogens with one attached hydrogen (secondary N) is 1. The zero-order valence-corrected chi connectivity index (χ0v) is 14.8. The molecule has 2 heterocycles. The molecule has 130 valence electrons. The summed E-state index contributed by atoms with van der Waals surface area (Å²) < 4.78 is 20.1. The molecule has 2 aromatic carbocycles. The number of carbonyl (C=O) groups is 1. The number of hydrogen-bond donors (Lipinski definition) is 1. The van der Waals surface area contributed by atoms with Crippen molar-refractivity contribution in [2.45, 2.75) is 5.22 Å². The molecule has 0 aliphatic carbocycles. The molecule has 0 fully saturated rings. The summed E-state index contributed by atoms with van der Waals surface area (Å²) in [7, 11) is 0. The number of anilines is 1. The number of halogens is 1. The summed E-state index contributed by atoms with van der Waals surface area (Å²) in [5.74, 6) is -0.521. The van der Waals surface area contributed by atoms with Crippen LogP contribution in [0.5, 0.6) is 0 Å². The molecular formula is C17H11FN4O2S2. The molecule has 0 saturated carbocycles. The molecule has 26 heavy (non-hydrogen) atoms. The minimum Gasteiger partial charge on any atom is -0.411 e. The lowest BCUT2D eigenvalue weighted by molar-refractivity contribution is -0.113. The summed E-state index contributed by atoms with van der Waals surface area (Å²) in [6.45, 7) is 0. The van der Waals surface area contributed by atoms with E-state index in [2.05, 4.69) is 20.5 Å². The molecule has 1 amide bonds. The van der Waals surface area contributed by atoms with Gasteiger partial charge < -0.3 is 9.73 Å². The van der Waals surface area contributed by atoms with Gasteiger partial charge in [-0.05, 0) is 24.3 Å². The Kier molecular flexibility index (Phi) is 4.63. The van der Waals surface area contributed by atoms with E-state index in [1.54, 1.807) is 18.2 Å². The van der Waals surface area contributed by atoms with E-state index >= 15 is 0 Å². The summed E-state index contributed by atoms with van der Waals surface area (Å²) in [4.78, 5) is 16.4. The summed E-state index contributed by atoms with van der Waals surface area (Å²) in [6, 6.07) is 13.8. The lowest BCUT2D eigenvalue weighted by Gasteiger charge is -1.99. The Hall–Kier alpha value is -2.78. The van der Waals surface area contributed by atoms with Gasteiger partial charge in [0.2, 0.25) is 5.91 Å². The molecule has 6 nitrogen and oxygen atoms in total. The van der Waals surface area contributed by atoms with Crippen molar-refractivity contribution in [2.75, 3.05) is 11.1 Å². The Morgan fingerprint density at radius 3 is 2.81 bits per heavy atom. The van der Waals surface area contributed by atoms with Crippen molar-refractivity contribution in [3.8, 4) is 11.5 Å². The van der Waals surface area contributed by atoms with E-state index in [9.17, 15) is 9.18 Å². The maximum atomic E-state index is 13.7. The standard InChI is InChI=1S/C17H11FN4O2S2/c18-11-6-2-1-5-10(11)15-21-22-17(24-15)25-9-14(23)20-16-19-12-7-3-4-8-13(12)26-16/h1-8H,9H2,(H,19,20,23). The smallest absolute Gasteiger partial charge is 0.277 e. The van der Waals surface area contributed by atoms with Crippen molar-refractivity contribution < 1.29 is 13.6 Å². The number of nitrogens with zero attached hydrogens (tertiary/aromatic N) is 3. The summed E-state index contributed by atoms with van der Waals surface area (Å²) in [5, 5.41) is 11.1. The van der Waals surface area contributed by atoms with E-state index in [0.717, 1.165) is 22.0 Å². The number of thioether (sulfide) groups is 1. The molecule has 0 aliphatic heterocycles. The van der Waals surface area contributed by atoms with Crippen LogP contribution in [-0.4, -0.2) is 26.8 Å². The minimum absolute atomic E-state index is 0.0782. The number of para-hydroxylation sites is 1. The first-order chi connectivity index (χ1) is 12.7. The van der Waals surface area contributed by atoms with Crippen molar-refractivity contribution in [1.82, 2.24) is 15.2 Å². The number of amides is 1. The van der Waals surface area contributed by atoms with Gasteiger partial charge in [0.1, 0.15) is 5.82 Å². The predicted octanol–water partition coefficient (Wildman–Crippen LogP) is 4.22. The summed E-state index contributed by atoms with van der Waals surface area (Å²) in [6.07, 6.45) is 0. The Morgan fingerprint density at radius 1 is 1.15 bits per heavy atom. The third-order valence-corrected chi connectivity index (χ3v) is 5.15. The molecule has 1 N–H and O–H groups in total. The number of fused-ring (bicyclic) bond motifs is 1. The summed E-state index contributed by atoms with van der Waals surface area (Å²) in [5.41, 5.74) is 1.07. The van der Waals surface area contributed by atoms with Gasteiger partial charge in [0.05, 0.1) is 21.5 Å². The van der Waals surface area contributed by atoms with Crippen molar-refractivity contribution in [3.63, 3.8) is 0 Å². The number of benzene rings is 2. The molecule has 0 bridgehead atoms. The highest BCUT2D eigenvalue weighted by molar-refractivity contribution is 7.99. The second-order valence-electron chi connectivity index (χ2n) is 5.18. The van der Waals surface area contributed by atoms with Gasteiger partial charge in [0.15, 0.2) is 5.13 Å². The third kappa shape index (κ3) is 3.58. The maximum absolute atomic E-state index is 13.7. The molecule has 0 radical (unpaired) electrons. The number of carbonyl (C=O) groups excluding carboxylic acids is 1. The first-order valence-corrected chi connectivity index (χ1v) is 9.36. The van der Waals surface area contributed by atoms with Gasteiger partial charge in [-0.25, -0.2) is 9.37 Å². The molecule has 0 saturated heterocycles. The molecule has 4 aromatic rings. The summed E-state index contributed by atoms with van der Waals surface area (Å²) >= 11 is 2.48. The third-order valence-electron chi connectivity index (χ3n) is 3.38. The normalized spacial score (nSPS) is 11.0. The van der Waals surface area contributed by atoms with Crippen molar-refractivity contribution in [3.05, 3.63) is 54.3 Å². The molecule has 0 atom stereocenters. The zero-order chi connectivity index (χ0) is 17.9. The van der Waals surface area contributed by atoms with Crippen LogP contribution in [0.2, 0.25) is 0 Å². The van der Waals surface area contributed by atoms with E-state index in [-0.39, 0.29) is 28.3 Å². The van der Waals surface area contributed by atoms with Crippen LogP contribution in [0.15, 0.2) is 58.2 Å². The maximum Gasteiger partial charge on any atom is 0.277 e. The highest BCUT2D eigenvalue weighted by Crippen LogP contribution is 2.27. The van der Waals surface area contributed by atoms with Gasteiger partial charge in [0, 0.05) is 0 Å². The van der Waals surface area contributed by atoms with Crippen LogP contribution < -0.4 is 5.32 Å². The van der Waals surface area contributed by atoms with Gasteiger partial charge in [-0.1, -0.05) is 47.4 Å². The van der Waals surface area contributed by atoms with Crippen molar-refractivity contribution in [1.29, 1.82) is 0 Å². The van der Waals surface area contributed by atoms with Crippen molar-refractivity contribution >= 4 is 44.4 Å². The van der Waals surface area contributed by atoms with Gasteiger partial charge >= 0.3 is 0 Å². The van der Waals surface area contributed by atoms with E-state index in [1.165, 1.54) is 17.4 Å². The second-order valence-corrected chi connectivity index (χ2v) is 7.13. The second kappa shape index (κ2) is 7.22. The average Bonchev–Trinajstić information content (AvgIpc) is 3.26. The Labute approximate surface area is 155 Å². The quantitative estimate of drug-likeness (QED) is 0.517. The Bertz CT molecular complexity index is 1050. The predicted molar refractivity (Wildman–Crippen MR) is 98.7 cm³/mol. The van der Waals surface area contributed by atoms with Gasteiger partial charge in [-0.15, -0.1) is 10.2 Å². The van der Waals surface area contributed by atoms with E-state index in [0.29, 0.717) is 5.13 Å². The molecule has 0 spiro atoms. The fourth-order valence-electron chi connectivity index (χ4n) is 2.22. The number of hydrogen-bond acceptors (Lipinski definition) is 7. The number of rotatable bonds is 5. The fourth-order valence-corrected chi connectivity index (χ4v) is 3.67. The molecule has 0 aliphatic rings. The highest BCUT2D eigenvalue weighted by Gasteiger charge is 2.14. The lowest BCUT2D eigenvalue weighted by Crippen LogP contribution is -2.13. The fraction of sp³-hybridized carbons (Fsp3) is 0.0588. The number of thiazole rings is 1. The van der Waals surface area contributed by atoms with Crippen LogP contribution in [0.4, 0.5) is 9.52 Å². The first-order valence-electron chi connectivity index (χ1n) is 7.56. The van der Waals surface area contributed by atoms with Crippen LogP contribution >= 0.6 is 23.1 Å². The van der Waals surface area contributed by atoms with Crippen LogP contribution in [-0.2, 0) is 4.79 Å². The molecule has 0 unspecified atom stereocenters. The van der Waals surface area contributed by atoms with Crippen LogP contribution in [0.3, 0.4) is 0 Å². The van der Waals surface area contributed by atoms with E-state index in [4.69, 9.17) is 4.42 Å². The van der Waals surface area contributed by atoms with Crippen LogP contribution in [0.1, 0.15) is 0 Å².